The zero-order valence-corrected chi connectivity index (χ0v) is 20.9. The summed E-state index contributed by atoms with van der Waals surface area (Å²) in [6.07, 6.45) is 0.937. The quantitative estimate of drug-likeness (QED) is 0.456. The van der Waals surface area contributed by atoms with Crippen LogP contribution in [0.2, 0.25) is 0 Å². The Morgan fingerprint density at radius 2 is 1.94 bits per heavy atom. The second kappa shape index (κ2) is 10.3. The zero-order chi connectivity index (χ0) is 23.5. The van der Waals surface area contributed by atoms with Crippen LogP contribution in [0.25, 0.3) is 5.69 Å². The van der Waals surface area contributed by atoms with Crippen molar-refractivity contribution in [3.8, 4) is 5.69 Å². The van der Waals surface area contributed by atoms with Crippen LogP contribution in [-0.2, 0) is 4.79 Å². The van der Waals surface area contributed by atoms with E-state index in [1.807, 2.05) is 65.3 Å². The number of amides is 1. The van der Waals surface area contributed by atoms with Gasteiger partial charge in [-0.3, -0.25) is 14.3 Å². The second-order valence-corrected chi connectivity index (χ2v) is 10.7. The highest BCUT2D eigenvalue weighted by atomic mass is 32.2. The number of nitrogens with zero attached hydrogens (tertiary/aromatic N) is 5. The topological polar surface area (TPSA) is 54.3 Å². The number of thioether (sulfide) groups is 2. The predicted molar refractivity (Wildman–Crippen MR) is 133 cm³/mol. The summed E-state index contributed by atoms with van der Waals surface area (Å²) in [6.45, 7) is 4.93. The standard InChI is InChI=1S/C24H28FN5OS2/c1-16-13-14-29(20-7-5-6-8-21(20)33-16)22(31)15-32-24-27-26-23(17(2)28(3)4)30(24)19-11-9-18(25)10-12-19/h5-12,16-17H,13-15H2,1-4H3/t16-,17-/m1/s1. The Bertz CT molecular complexity index is 1120. The molecule has 2 aromatic carbocycles. The van der Waals surface area contributed by atoms with E-state index in [9.17, 15) is 9.18 Å². The number of hydrogen-bond donors (Lipinski definition) is 0. The predicted octanol–water partition coefficient (Wildman–Crippen LogP) is 5.04. The van der Waals surface area contributed by atoms with E-state index in [1.165, 1.54) is 23.9 Å². The average molecular weight is 486 g/mol. The van der Waals surface area contributed by atoms with Crippen LogP contribution in [0.3, 0.4) is 0 Å². The Kier molecular flexibility index (Phi) is 7.41. The van der Waals surface area contributed by atoms with Gasteiger partial charge in [0.1, 0.15) is 5.82 Å². The molecule has 0 radical (unpaired) electrons. The van der Waals surface area contributed by atoms with Gasteiger partial charge in [0, 0.05) is 22.4 Å². The molecule has 174 valence electrons. The molecule has 0 saturated carbocycles. The number of para-hydroxylation sites is 1. The first-order valence-corrected chi connectivity index (χ1v) is 12.8. The highest BCUT2D eigenvalue weighted by Gasteiger charge is 2.26. The molecule has 0 N–H and O–H groups in total. The van der Waals surface area contributed by atoms with E-state index in [0.717, 1.165) is 28.5 Å². The van der Waals surface area contributed by atoms with Crippen LogP contribution in [-0.4, -0.2) is 57.2 Å². The SMILES string of the molecule is C[C@@H]1CCN(C(=O)CSc2nnc([C@@H](C)N(C)C)n2-c2ccc(F)cc2)c2ccccc2S1. The molecule has 0 unspecified atom stereocenters. The maximum Gasteiger partial charge on any atom is 0.237 e. The summed E-state index contributed by atoms with van der Waals surface area (Å²) in [5, 5.41) is 9.87. The van der Waals surface area contributed by atoms with Gasteiger partial charge in [0.05, 0.1) is 17.5 Å². The van der Waals surface area contributed by atoms with Gasteiger partial charge in [0.2, 0.25) is 5.91 Å². The lowest BCUT2D eigenvalue weighted by Gasteiger charge is -2.23. The summed E-state index contributed by atoms with van der Waals surface area (Å²) in [6, 6.07) is 14.3. The summed E-state index contributed by atoms with van der Waals surface area (Å²) >= 11 is 3.18. The van der Waals surface area contributed by atoms with Crippen molar-refractivity contribution in [3.05, 3.63) is 60.2 Å². The average Bonchev–Trinajstić information content (AvgIpc) is 3.14. The van der Waals surface area contributed by atoms with Crippen molar-refractivity contribution in [2.24, 2.45) is 0 Å². The first-order valence-electron chi connectivity index (χ1n) is 10.9. The molecule has 0 spiro atoms. The molecule has 3 aromatic rings. The molecule has 2 atom stereocenters. The third kappa shape index (κ3) is 5.26. The van der Waals surface area contributed by atoms with Crippen molar-refractivity contribution in [2.75, 3.05) is 31.3 Å². The molecule has 0 fully saturated rings. The van der Waals surface area contributed by atoms with E-state index in [-0.39, 0.29) is 23.5 Å². The first-order chi connectivity index (χ1) is 15.8. The van der Waals surface area contributed by atoms with E-state index >= 15 is 0 Å². The summed E-state index contributed by atoms with van der Waals surface area (Å²) in [5.74, 6) is 0.721. The van der Waals surface area contributed by atoms with Crippen molar-refractivity contribution >= 4 is 35.1 Å². The largest absolute Gasteiger partial charge is 0.311 e. The summed E-state index contributed by atoms with van der Waals surface area (Å²) < 4.78 is 15.5. The van der Waals surface area contributed by atoms with Crippen LogP contribution in [0, 0.1) is 5.82 Å². The zero-order valence-electron chi connectivity index (χ0n) is 19.2. The molecule has 1 aliphatic rings. The van der Waals surface area contributed by atoms with E-state index in [2.05, 4.69) is 23.2 Å². The molecule has 0 saturated heterocycles. The molecule has 1 aliphatic heterocycles. The monoisotopic (exact) mass is 485 g/mol. The lowest BCUT2D eigenvalue weighted by Crippen LogP contribution is -2.33. The number of rotatable bonds is 6. The van der Waals surface area contributed by atoms with Crippen molar-refractivity contribution in [1.29, 1.82) is 0 Å². The fourth-order valence-electron chi connectivity index (χ4n) is 3.66. The van der Waals surface area contributed by atoms with Gasteiger partial charge in [-0.05, 0) is 63.8 Å². The fraction of sp³-hybridized carbons (Fsp3) is 0.375. The highest BCUT2D eigenvalue weighted by molar-refractivity contribution is 8.00. The van der Waals surface area contributed by atoms with E-state index in [1.54, 1.807) is 12.1 Å². The van der Waals surface area contributed by atoms with Crippen LogP contribution in [0.15, 0.2) is 58.6 Å². The Hall–Kier alpha value is -2.36. The molecule has 33 heavy (non-hydrogen) atoms. The van der Waals surface area contributed by atoms with Crippen LogP contribution < -0.4 is 4.90 Å². The van der Waals surface area contributed by atoms with Gasteiger partial charge in [-0.25, -0.2) is 4.39 Å². The maximum atomic E-state index is 13.6. The summed E-state index contributed by atoms with van der Waals surface area (Å²) in [5.41, 5.74) is 1.74. The molecular weight excluding hydrogens is 457 g/mol. The van der Waals surface area contributed by atoms with Gasteiger partial charge in [-0.1, -0.05) is 30.8 Å². The Morgan fingerprint density at radius 3 is 2.67 bits per heavy atom. The third-order valence-corrected chi connectivity index (χ3v) is 7.91. The molecular formula is C24H28FN5OS2. The molecule has 6 nitrogen and oxygen atoms in total. The van der Waals surface area contributed by atoms with Crippen LogP contribution in [0.5, 0.6) is 0 Å². The molecule has 4 rings (SSSR count). The van der Waals surface area contributed by atoms with Crippen molar-refractivity contribution in [1.82, 2.24) is 19.7 Å². The minimum atomic E-state index is -0.301. The van der Waals surface area contributed by atoms with E-state index in [0.29, 0.717) is 17.0 Å². The molecule has 0 aliphatic carbocycles. The molecule has 1 aromatic heterocycles. The van der Waals surface area contributed by atoms with Gasteiger partial charge >= 0.3 is 0 Å². The lowest BCUT2D eigenvalue weighted by atomic mass is 10.2. The van der Waals surface area contributed by atoms with Gasteiger partial charge in [-0.15, -0.1) is 22.0 Å². The number of benzene rings is 2. The summed E-state index contributed by atoms with van der Waals surface area (Å²) in [7, 11) is 3.95. The Morgan fingerprint density at radius 1 is 1.21 bits per heavy atom. The molecule has 0 bridgehead atoms. The smallest absolute Gasteiger partial charge is 0.237 e. The number of aromatic nitrogens is 3. The first kappa shape index (κ1) is 23.8. The van der Waals surface area contributed by atoms with Crippen molar-refractivity contribution in [2.45, 2.75) is 41.6 Å². The summed E-state index contributed by atoms with van der Waals surface area (Å²) in [4.78, 5) is 18.4. The van der Waals surface area contributed by atoms with Crippen molar-refractivity contribution < 1.29 is 9.18 Å². The van der Waals surface area contributed by atoms with Gasteiger partial charge in [0.15, 0.2) is 11.0 Å². The fourth-order valence-corrected chi connectivity index (χ4v) is 5.61. The Balaban J connectivity index is 1.60. The van der Waals surface area contributed by atoms with Gasteiger partial charge < -0.3 is 4.90 Å². The number of anilines is 1. The van der Waals surface area contributed by atoms with Crippen LogP contribution in [0.1, 0.15) is 32.1 Å². The maximum absolute atomic E-state index is 13.6. The number of hydrogen-bond acceptors (Lipinski definition) is 6. The van der Waals surface area contributed by atoms with Crippen molar-refractivity contribution in [3.63, 3.8) is 0 Å². The van der Waals surface area contributed by atoms with Gasteiger partial charge in [0.25, 0.3) is 0 Å². The van der Waals surface area contributed by atoms with Crippen LogP contribution >= 0.6 is 23.5 Å². The van der Waals surface area contributed by atoms with E-state index < -0.39 is 0 Å². The normalized spacial score (nSPS) is 17.0. The molecule has 1 amide bonds. The number of carbonyl (C=O) groups excluding carboxylic acids is 1. The third-order valence-electron chi connectivity index (χ3n) is 5.76. The molecule has 2 heterocycles. The minimum absolute atomic E-state index is 0.0106. The molecule has 9 heteroatoms. The van der Waals surface area contributed by atoms with Crippen LogP contribution in [0.4, 0.5) is 10.1 Å². The lowest BCUT2D eigenvalue weighted by molar-refractivity contribution is -0.116. The Labute approximate surface area is 202 Å². The number of carbonyl (C=O) groups is 1. The van der Waals surface area contributed by atoms with E-state index in [4.69, 9.17) is 0 Å². The number of halogens is 1. The van der Waals surface area contributed by atoms with Gasteiger partial charge in [-0.2, -0.15) is 0 Å². The highest BCUT2D eigenvalue weighted by Crippen LogP contribution is 2.37. The second-order valence-electron chi connectivity index (χ2n) is 8.31. The number of fused-ring (bicyclic) bond motifs is 1. The minimum Gasteiger partial charge on any atom is -0.311 e.